The van der Waals surface area contributed by atoms with Gasteiger partial charge in [-0.05, 0) is 84.1 Å². The van der Waals surface area contributed by atoms with Crippen molar-refractivity contribution in [2.24, 2.45) is 5.73 Å². The normalized spacial score (nSPS) is 12.4. The number of nitriles is 1. The van der Waals surface area contributed by atoms with Gasteiger partial charge in [0.1, 0.15) is 17.1 Å². The first-order chi connectivity index (χ1) is 19.8. The number of ether oxygens (including phenoxy) is 1. The van der Waals surface area contributed by atoms with Gasteiger partial charge in [0.15, 0.2) is 0 Å². The van der Waals surface area contributed by atoms with Gasteiger partial charge in [-0.3, -0.25) is 4.79 Å². The van der Waals surface area contributed by atoms with Crippen LogP contribution in [-0.4, -0.2) is 28.9 Å². The van der Waals surface area contributed by atoms with Crippen LogP contribution in [0.5, 0.6) is 11.5 Å². The summed E-state index contributed by atoms with van der Waals surface area (Å²) in [5, 5.41) is 35.0. The van der Waals surface area contributed by atoms with E-state index in [9.17, 15) is 20.3 Å². The van der Waals surface area contributed by atoms with Crippen molar-refractivity contribution >= 4 is 22.3 Å². The van der Waals surface area contributed by atoms with E-state index in [1.807, 2.05) is 60.7 Å². The molecule has 5 rings (SSSR count). The van der Waals surface area contributed by atoms with Gasteiger partial charge in [0.05, 0.1) is 24.3 Å². The minimum absolute atomic E-state index is 0.0251. The molecule has 0 amide bonds. The van der Waals surface area contributed by atoms with Gasteiger partial charge in [-0.15, -0.1) is 0 Å². The molecule has 5 aromatic rings. The molecule has 1 aromatic heterocycles. The van der Waals surface area contributed by atoms with E-state index in [2.05, 4.69) is 16.4 Å². The lowest BCUT2D eigenvalue weighted by molar-refractivity contribution is 0.0384. The first-order valence-corrected chi connectivity index (χ1v) is 13.2. The van der Waals surface area contributed by atoms with E-state index in [-0.39, 0.29) is 23.4 Å². The number of aromatic nitrogens is 1. The molecule has 41 heavy (non-hydrogen) atoms. The summed E-state index contributed by atoms with van der Waals surface area (Å²) in [6, 6.07) is 29.4. The Morgan fingerprint density at radius 2 is 1.78 bits per heavy atom. The number of nitrogens with zero attached hydrogens (tertiary/aromatic N) is 1. The van der Waals surface area contributed by atoms with Crippen LogP contribution in [0.3, 0.4) is 0 Å². The topological polar surface area (TPSA) is 144 Å². The molecular formula is C33H30N4O4. The summed E-state index contributed by atoms with van der Waals surface area (Å²) < 4.78 is 5.56. The van der Waals surface area contributed by atoms with Crippen molar-refractivity contribution in [3.63, 3.8) is 0 Å². The van der Waals surface area contributed by atoms with Gasteiger partial charge in [-0.2, -0.15) is 5.26 Å². The van der Waals surface area contributed by atoms with Crippen LogP contribution in [0.25, 0.3) is 22.0 Å². The molecule has 0 unspecified atom stereocenters. The van der Waals surface area contributed by atoms with Crippen LogP contribution in [0.2, 0.25) is 0 Å². The molecule has 1 atom stereocenters. The Balaban J connectivity index is 1.33. The number of nitrogens with two attached hydrogens (primary N) is 1. The highest BCUT2D eigenvalue weighted by Crippen LogP contribution is 2.36. The van der Waals surface area contributed by atoms with E-state index in [4.69, 9.17) is 10.5 Å². The minimum Gasteiger partial charge on any atom is -0.506 e. The van der Waals surface area contributed by atoms with Gasteiger partial charge >= 0.3 is 0 Å². The second-order valence-electron chi connectivity index (χ2n) is 9.91. The second-order valence-corrected chi connectivity index (χ2v) is 9.91. The first-order valence-electron chi connectivity index (χ1n) is 13.2. The van der Waals surface area contributed by atoms with Gasteiger partial charge in [0.25, 0.3) is 0 Å². The second kappa shape index (κ2) is 11.6. The number of hydrogen-bond acceptors (Lipinski definition) is 7. The van der Waals surface area contributed by atoms with Crippen LogP contribution in [-0.2, 0) is 12.0 Å². The molecule has 0 radical (unpaired) electrons. The Hall–Kier alpha value is -5.10. The molecule has 0 saturated heterocycles. The molecule has 0 spiro atoms. The monoisotopic (exact) mass is 546 g/mol. The molecule has 8 nitrogen and oxygen atoms in total. The third-order valence-corrected chi connectivity index (χ3v) is 7.28. The minimum atomic E-state index is -1.36. The third kappa shape index (κ3) is 5.77. The number of phenolic OH excluding ortho intramolecular Hbond substituents is 1. The number of aryl methyl sites for hydroxylation is 1. The number of H-pyrrole nitrogens is 1. The average Bonchev–Trinajstić information content (AvgIpc) is 3.01. The molecule has 8 heteroatoms. The molecule has 4 aromatic carbocycles. The number of anilines is 2. The fourth-order valence-corrected chi connectivity index (χ4v) is 5.03. The van der Waals surface area contributed by atoms with Gasteiger partial charge in [0, 0.05) is 34.9 Å². The van der Waals surface area contributed by atoms with Gasteiger partial charge in [0.2, 0.25) is 5.56 Å². The van der Waals surface area contributed by atoms with Crippen molar-refractivity contribution in [2.45, 2.75) is 18.4 Å². The molecule has 0 bridgehead atoms. The Kier molecular flexibility index (Phi) is 7.74. The van der Waals surface area contributed by atoms with E-state index in [1.54, 1.807) is 25.3 Å². The third-order valence-electron chi connectivity index (χ3n) is 7.28. The summed E-state index contributed by atoms with van der Waals surface area (Å²) in [5.74, 6) is 0.643. The van der Waals surface area contributed by atoms with Gasteiger partial charge in [-0.25, -0.2) is 0 Å². The van der Waals surface area contributed by atoms with E-state index in [1.165, 1.54) is 12.1 Å². The molecule has 6 N–H and O–H groups in total. The summed E-state index contributed by atoms with van der Waals surface area (Å²) in [5.41, 5.74) is 10.3. The molecule has 0 aliphatic rings. The van der Waals surface area contributed by atoms with Gasteiger partial charge in [-0.1, -0.05) is 30.3 Å². The SMILES string of the molecule is COc1ccc(Nc2ccc(CC[C@](O)(CN)c3ccc(O)c4[nH]c(=O)ccc34)cc2)cc1-c1cccc(C#N)c1. The number of benzene rings is 4. The maximum absolute atomic E-state index is 11.8. The number of aromatic amines is 1. The largest absolute Gasteiger partial charge is 0.506 e. The number of fused-ring (bicyclic) bond motifs is 1. The van der Waals surface area contributed by atoms with Crippen LogP contribution >= 0.6 is 0 Å². The number of pyridine rings is 1. The first kappa shape index (κ1) is 27.5. The molecule has 1 heterocycles. The van der Waals surface area contributed by atoms with Gasteiger partial charge < -0.3 is 31.0 Å². The van der Waals surface area contributed by atoms with Crippen molar-refractivity contribution in [1.29, 1.82) is 5.26 Å². The highest BCUT2D eigenvalue weighted by atomic mass is 16.5. The van der Waals surface area contributed by atoms with Crippen LogP contribution in [0, 0.1) is 11.3 Å². The van der Waals surface area contributed by atoms with Crippen LogP contribution in [0.1, 0.15) is 23.1 Å². The molecular weight excluding hydrogens is 516 g/mol. The van der Waals surface area contributed by atoms with Crippen molar-refractivity contribution in [2.75, 3.05) is 19.0 Å². The Morgan fingerprint density at radius 3 is 2.51 bits per heavy atom. The van der Waals surface area contributed by atoms with E-state index in [0.717, 1.165) is 28.1 Å². The fraction of sp³-hybridized carbons (Fsp3) is 0.152. The highest BCUT2D eigenvalue weighted by molar-refractivity contribution is 5.88. The predicted octanol–water partition coefficient (Wildman–Crippen LogP) is 5.30. The van der Waals surface area contributed by atoms with Crippen molar-refractivity contribution in [3.8, 4) is 28.7 Å². The number of aromatic hydroxyl groups is 1. The summed E-state index contributed by atoms with van der Waals surface area (Å²) in [6.07, 6.45) is 0.903. The molecule has 0 fully saturated rings. The number of rotatable bonds is 9. The van der Waals surface area contributed by atoms with Crippen LogP contribution in [0.15, 0.2) is 95.8 Å². The molecule has 0 aliphatic carbocycles. The van der Waals surface area contributed by atoms with Crippen molar-refractivity contribution in [3.05, 3.63) is 118 Å². The average molecular weight is 547 g/mol. The Bertz CT molecular complexity index is 1810. The number of hydrogen-bond donors (Lipinski definition) is 5. The maximum Gasteiger partial charge on any atom is 0.248 e. The van der Waals surface area contributed by atoms with E-state index < -0.39 is 5.60 Å². The highest BCUT2D eigenvalue weighted by Gasteiger charge is 2.30. The summed E-state index contributed by atoms with van der Waals surface area (Å²) in [6.45, 7) is -0.0251. The number of nitrogens with one attached hydrogen (secondary N) is 2. The van der Waals surface area contributed by atoms with E-state index >= 15 is 0 Å². The lowest BCUT2D eigenvalue weighted by atomic mass is 9.85. The molecule has 0 saturated carbocycles. The zero-order chi connectivity index (χ0) is 29.0. The Labute approximate surface area is 237 Å². The predicted molar refractivity (Wildman–Crippen MR) is 160 cm³/mol. The number of phenols is 1. The fourth-order valence-electron chi connectivity index (χ4n) is 5.03. The zero-order valence-corrected chi connectivity index (χ0v) is 22.5. The molecule has 206 valence electrons. The van der Waals surface area contributed by atoms with Crippen molar-refractivity contribution in [1.82, 2.24) is 4.98 Å². The smallest absolute Gasteiger partial charge is 0.248 e. The van der Waals surface area contributed by atoms with Crippen molar-refractivity contribution < 1.29 is 14.9 Å². The zero-order valence-electron chi connectivity index (χ0n) is 22.5. The Morgan fingerprint density at radius 1 is 1.00 bits per heavy atom. The lowest BCUT2D eigenvalue weighted by Gasteiger charge is -2.28. The lowest BCUT2D eigenvalue weighted by Crippen LogP contribution is -2.35. The van der Waals surface area contributed by atoms with E-state index in [0.29, 0.717) is 35.1 Å². The maximum atomic E-state index is 11.8. The van der Waals surface area contributed by atoms with Crippen LogP contribution in [0.4, 0.5) is 11.4 Å². The molecule has 0 aliphatic heterocycles. The standard InChI is InChI=1S/C33H30N4O4/c1-41-30-13-9-25(18-27(30)23-4-2-3-22(17-23)19-34)36-24-7-5-21(6-8-24)15-16-33(40,20-35)28-11-12-29(38)32-26(28)10-14-31(39)37-32/h2-14,17-18,36,38,40H,15-16,20,35H2,1H3,(H,37,39)/t33-/m0/s1. The number of aliphatic hydroxyl groups is 1. The number of methoxy groups -OCH3 is 1. The summed E-state index contributed by atoms with van der Waals surface area (Å²) >= 11 is 0. The quantitative estimate of drug-likeness (QED) is 0.169. The summed E-state index contributed by atoms with van der Waals surface area (Å²) in [4.78, 5) is 14.4. The van der Waals surface area contributed by atoms with Crippen LogP contribution < -0.4 is 21.3 Å². The summed E-state index contributed by atoms with van der Waals surface area (Å²) in [7, 11) is 1.62.